The first-order valence-electron chi connectivity index (χ1n) is 10.2. The number of amides is 1. The van der Waals surface area contributed by atoms with Gasteiger partial charge in [-0.05, 0) is 45.0 Å². The Morgan fingerprint density at radius 1 is 1.10 bits per heavy atom. The van der Waals surface area contributed by atoms with Gasteiger partial charge in [-0.15, -0.1) is 0 Å². The minimum Gasteiger partial charge on any atom is -0.459 e. The molecule has 2 aromatic rings. The van der Waals surface area contributed by atoms with Crippen LogP contribution in [0.2, 0.25) is 0 Å². The van der Waals surface area contributed by atoms with E-state index in [0.717, 1.165) is 32.0 Å². The second-order valence-electron chi connectivity index (χ2n) is 6.96. The summed E-state index contributed by atoms with van der Waals surface area (Å²) in [5.41, 5.74) is 1.32. The van der Waals surface area contributed by atoms with Gasteiger partial charge in [0.05, 0.1) is 6.26 Å². The van der Waals surface area contributed by atoms with Crippen LogP contribution in [0.3, 0.4) is 0 Å². The van der Waals surface area contributed by atoms with Crippen molar-refractivity contribution in [1.82, 2.24) is 20.9 Å². The van der Waals surface area contributed by atoms with Crippen LogP contribution in [0.5, 0.6) is 0 Å². The van der Waals surface area contributed by atoms with Gasteiger partial charge in [0, 0.05) is 38.8 Å². The highest BCUT2D eigenvalue weighted by Crippen LogP contribution is 2.08. The van der Waals surface area contributed by atoms with E-state index in [2.05, 4.69) is 64.1 Å². The van der Waals surface area contributed by atoms with E-state index in [1.807, 2.05) is 13.0 Å². The summed E-state index contributed by atoms with van der Waals surface area (Å²) in [5.74, 6) is 0.867. The van der Waals surface area contributed by atoms with Gasteiger partial charge in [0.2, 0.25) is 0 Å². The molecule has 0 saturated carbocycles. The van der Waals surface area contributed by atoms with Crippen LogP contribution < -0.4 is 16.0 Å². The van der Waals surface area contributed by atoms with Crippen LogP contribution in [-0.4, -0.2) is 56.0 Å². The summed E-state index contributed by atoms with van der Waals surface area (Å²) in [6.07, 6.45) is 2.45. The van der Waals surface area contributed by atoms with Crippen molar-refractivity contribution in [2.24, 2.45) is 4.99 Å². The van der Waals surface area contributed by atoms with Crippen molar-refractivity contribution < 1.29 is 9.21 Å². The van der Waals surface area contributed by atoms with Gasteiger partial charge in [-0.1, -0.05) is 30.3 Å². The molecule has 7 heteroatoms. The summed E-state index contributed by atoms with van der Waals surface area (Å²) in [6, 6.07) is 14.3. The molecule has 0 bridgehead atoms. The molecule has 7 nitrogen and oxygen atoms in total. The predicted octanol–water partition coefficient (Wildman–Crippen LogP) is 2.48. The second kappa shape index (κ2) is 12.6. The molecule has 0 spiro atoms. The number of guanidine groups is 1. The molecule has 1 heterocycles. The molecule has 0 aliphatic heterocycles. The quantitative estimate of drug-likeness (QED) is 0.307. The smallest absolute Gasteiger partial charge is 0.287 e. The van der Waals surface area contributed by atoms with E-state index in [-0.39, 0.29) is 5.91 Å². The number of nitrogens with one attached hydrogen (secondary N) is 3. The molecule has 1 aromatic heterocycles. The second-order valence-corrected chi connectivity index (χ2v) is 6.96. The van der Waals surface area contributed by atoms with E-state index in [0.29, 0.717) is 24.9 Å². The van der Waals surface area contributed by atoms with Gasteiger partial charge in [0.1, 0.15) is 0 Å². The number of carbonyl (C=O) groups is 1. The largest absolute Gasteiger partial charge is 0.459 e. The minimum atomic E-state index is -0.214. The van der Waals surface area contributed by atoms with Crippen LogP contribution in [0.15, 0.2) is 58.1 Å². The number of rotatable bonds is 11. The summed E-state index contributed by atoms with van der Waals surface area (Å²) in [4.78, 5) is 18.8. The van der Waals surface area contributed by atoms with E-state index in [1.165, 1.54) is 11.8 Å². The SMILES string of the molecule is CCNC(=NCCC(C)N(C)Cc1ccccc1)NCCNC(=O)c1ccco1. The van der Waals surface area contributed by atoms with Crippen LogP contribution >= 0.6 is 0 Å². The number of hydrogen-bond acceptors (Lipinski definition) is 4. The molecule has 1 atom stereocenters. The fourth-order valence-electron chi connectivity index (χ4n) is 2.80. The molecule has 0 fully saturated rings. The topological polar surface area (TPSA) is 81.9 Å². The fraction of sp³-hybridized carbons (Fsp3) is 0.455. The van der Waals surface area contributed by atoms with Gasteiger partial charge >= 0.3 is 0 Å². The van der Waals surface area contributed by atoms with Gasteiger partial charge in [-0.2, -0.15) is 0 Å². The molecular formula is C22H33N5O2. The molecule has 0 aliphatic rings. The summed E-state index contributed by atoms with van der Waals surface area (Å²) in [7, 11) is 2.15. The third kappa shape index (κ3) is 8.39. The number of nitrogens with zero attached hydrogens (tertiary/aromatic N) is 2. The maximum atomic E-state index is 11.8. The average molecular weight is 400 g/mol. The van der Waals surface area contributed by atoms with E-state index in [1.54, 1.807) is 12.1 Å². The highest BCUT2D eigenvalue weighted by molar-refractivity contribution is 5.91. The summed E-state index contributed by atoms with van der Waals surface area (Å²) in [5, 5.41) is 9.29. The van der Waals surface area contributed by atoms with Crippen molar-refractivity contribution >= 4 is 11.9 Å². The lowest BCUT2D eigenvalue weighted by atomic mass is 10.1. The molecule has 1 unspecified atom stereocenters. The molecule has 1 amide bonds. The van der Waals surface area contributed by atoms with Crippen molar-refractivity contribution in [2.75, 3.05) is 33.2 Å². The third-order valence-corrected chi connectivity index (χ3v) is 4.64. The van der Waals surface area contributed by atoms with Crippen LogP contribution in [0, 0.1) is 0 Å². The zero-order valence-electron chi connectivity index (χ0n) is 17.6. The van der Waals surface area contributed by atoms with Gasteiger partial charge in [0.15, 0.2) is 11.7 Å². The minimum absolute atomic E-state index is 0.214. The summed E-state index contributed by atoms with van der Waals surface area (Å²) < 4.78 is 5.07. The van der Waals surface area contributed by atoms with Crippen LogP contribution in [0.25, 0.3) is 0 Å². The molecule has 0 saturated heterocycles. The number of carbonyl (C=O) groups excluding carboxylic acids is 1. The van der Waals surface area contributed by atoms with E-state index < -0.39 is 0 Å². The first kappa shape index (κ1) is 22.5. The Morgan fingerprint density at radius 3 is 2.55 bits per heavy atom. The Hall–Kier alpha value is -2.80. The molecule has 2 rings (SSSR count). The Balaban J connectivity index is 1.69. The van der Waals surface area contributed by atoms with Gasteiger partial charge in [-0.25, -0.2) is 0 Å². The first-order valence-corrected chi connectivity index (χ1v) is 10.2. The maximum absolute atomic E-state index is 11.8. The van der Waals surface area contributed by atoms with Gasteiger partial charge in [0.25, 0.3) is 5.91 Å². The van der Waals surface area contributed by atoms with Gasteiger partial charge in [-0.3, -0.25) is 14.7 Å². The molecule has 0 aliphatic carbocycles. The lowest BCUT2D eigenvalue weighted by Gasteiger charge is -2.24. The fourth-order valence-corrected chi connectivity index (χ4v) is 2.80. The zero-order chi connectivity index (χ0) is 20.9. The van der Waals surface area contributed by atoms with Crippen LogP contribution in [0.4, 0.5) is 0 Å². The summed E-state index contributed by atoms with van der Waals surface area (Å²) >= 11 is 0. The predicted molar refractivity (Wildman–Crippen MR) is 117 cm³/mol. The highest BCUT2D eigenvalue weighted by atomic mass is 16.3. The van der Waals surface area contributed by atoms with Gasteiger partial charge < -0.3 is 20.4 Å². The first-order chi connectivity index (χ1) is 14.1. The Morgan fingerprint density at radius 2 is 1.86 bits per heavy atom. The normalized spacial score (nSPS) is 12.6. The molecule has 1 aromatic carbocycles. The number of benzene rings is 1. The Kier molecular flexibility index (Phi) is 9.78. The number of aliphatic imine (C=N–C) groups is 1. The molecule has 0 radical (unpaired) electrons. The highest BCUT2D eigenvalue weighted by Gasteiger charge is 2.10. The third-order valence-electron chi connectivity index (χ3n) is 4.64. The molecule has 29 heavy (non-hydrogen) atoms. The number of furan rings is 1. The van der Waals surface area contributed by atoms with Crippen molar-refractivity contribution in [1.29, 1.82) is 0 Å². The van der Waals surface area contributed by atoms with Crippen LogP contribution in [-0.2, 0) is 6.54 Å². The van der Waals surface area contributed by atoms with Crippen molar-refractivity contribution in [2.45, 2.75) is 32.9 Å². The lowest BCUT2D eigenvalue weighted by Crippen LogP contribution is -2.41. The van der Waals surface area contributed by atoms with E-state index >= 15 is 0 Å². The molecule has 158 valence electrons. The van der Waals surface area contributed by atoms with Crippen molar-refractivity contribution in [3.8, 4) is 0 Å². The number of hydrogen-bond donors (Lipinski definition) is 3. The van der Waals surface area contributed by atoms with E-state index in [9.17, 15) is 4.79 Å². The summed E-state index contributed by atoms with van der Waals surface area (Å²) in [6.45, 7) is 7.78. The lowest BCUT2D eigenvalue weighted by molar-refractivity contribution is 0.0926. The maximum Gasteiger partial charge on any atom is 0.287 e. The standard InChI is InChI=1S/C22H33N5O2/c1-4-23-22(26-15-14-24-21(28)20-11-8-16-29-20)25-13-12-18(2)27(3)17-19-9-6-5-7-10-19/h5-11,16,18H,4,12-15,17H2,1-3H3,(H,24,28)(H2,23,25,26). The zero-order valence-corrected chi connectivity index (χ0v) is 17.6. The Bertz CT molecular complexity index is 731. The monoisotopic (exact) mass is 399 g/mol. The van der Waals surface area contributed by atoms with Crippen LogP contribution in [0.1, 0.15) is 36.4 Å². The average Bonchev–Trinajstić information content (AvgIpc) is 3.26. The molecule has 3 N–H and O–H groups in total. The van der Waals surface area contributed by atoms with Crippen molar-refractivity contribution in [3.63, 3.8) is 0 Å². The Labute approximate surface area is 173 Å². The van der Waals surface area contributed by atoms with E-state index in [4.69, 9.17) is 4.42 Å². The molecular weight excluding hydrogens is 366 g/mol. The van der Waals surface area contributed by atoms with Crippen molar-refractivity contribution in [3.05, 3.63) is 60.1 Å².